The molecule has 0 unspecified atom stereocenters. The van der Waals surface area contributed by atoms with Crippen molar-refractivity contribution in [1.82, 2.24) is 9.80 Å². The normalized spacial score (nSPS) is 16.6. The van der Waals surface area contributed by atoms with E-state index < -0.39 is 5.60 Å². The monoisotopic (exact) mass is 390 g/mol. The van der Waals surface area contributed by atoms with Crippen molar-refractivity contribution in [2.45, 2.75) is 39.0 Å². The lowest BCUT2D eigenvalue weighted by atomic mass is 9.90. The van der Waals surface area contributed by atoms with Gasteiger partial charge in [0.15, 0.2) is 0 Å². The third kappa shape index (κ3) is 3.36. The standard InChI is InChI=1S/C24H26N2O3/c1-5-22(27)25-13-19(14-25)26-12-17-8-7-16(10-21(17)23(26)28)20-11-18(24(3,4)29)9-6-15(20)2/h5-11,19,29H,1,12-14H2,2-4H3. The van der Waals surface area contributed by atoms with Gasteiger partial charge < -0.3 is 14.9 Å². The lowest BCUT2D eigenvalue weighted by molar-refractivity contribution is -0.132. The molecule has 1 fully saturated rings. The number of aliphatic hydroxyl groups is 1. The Morgan fingerprint density at radius 3 is 2.55 bits per heavy atom. The van der Waals surface area contributed by atoms with Crippen LogP contribution in [0.1, 0.15) is 40.9 Å². The highest BCUT2D eigenvalue weighted by Gasteiger charge is 2.40. The minimum Gasteiger partial charge on any atom is -0.386 e. The minimum absolute atomic E-state index is 0.0221. The second-order valence-corrected chi connectivity index (χ2v) is 8.49. The number of fused-ring (bicyclic) bond motifs is 1. The van der Waals surface area contributed by atoms with Crippen molar-refractivity contribution in [1.29, 1.82) is 0 Å². The molecule has 2 heterocycles. The molecule has 5 nitrogen and oxygen atoms in total. The van der Waals surface area contributed by atoms with Crippen LogP contribution in [0.15, 0.2) is 49.1 Å². The maximum absolute atomic E-state index is 13.0. The zero-order chi connectivity index (χ0) is 20.9. The van der Waals surface area contributed by atoms with Gasteiger partial charge in [-0.05, 0) is 66.8 Å². The molecule has 0 bridgehead atoms. The second kappa shape index (κ2) is 6.85. The van der Waals surface area contributed by atoms with Crippen molar-refractivity contribution in [3.05, 3.63) is 71.3 Å². The van der Waals surface area contributed by atoms with E-state index in [2.05, 4.69) is 6.58 Å². The molecule has 4 rings (SSSR count). The molecule has 0 aromatic heterocycles. The summed E-state index contributed by atoms with van der Waals surface area (Å²) in [4.78, 5) is 28.3. The number of hydrogen-bond acceptors (Lipinski definition) is 3. The van der Waals surface area contributed by atoms with Crippen molar-refractivity contribution < 1.29 is 14.7 Å². The number of carbonyl (C=O) groups excluding carboxylic acids is 2. The number of hydrogen-bond donors (Lipinski definition) is 1. The molecule has 2 aliphatic rings. The first-order valence-electron chi connectivity index (χ1n) is 9.88. The van der Waals surface area contributed by atoms with E-state index in [0.717, 1.165) is 33.4 Å². The molecule has 2 aliphatic heterocycles. The first-order chi connectivity index (χ1) is 13.7. The molecule has 5 heteroatoms. The lowest BCUT2D eigenvalue weighted by Gasteiger charge is -2.43. The number of likely N-dealkylation sites (tertiary alicyclic amines) is 1. The topological polar surface area (TPSA) is 60.9 Å². The predicted molar refractivity (Wildman–Crippen MR) is 112 cm³/mol. The molecule has 0 atom stereocenters. The van der Waals surface area contributed by atoms with Crippen LogP contribution in [-0.4, -0.2) is 45.9 Å². The Balaban J connectivity index is 1.60. The summed E-state index contributed by atoms with van der Waals surface area (Å²) in [5, 5.41) is 10.4. The summed E-state index contributed by atoms with van der Waals surface area (Å²) in [6, 6.07) is 12.0. The maximum Gasteiger partial charge on any atom is 0.254 e. The van der Waals surface area contributed by atoms with Gasteiger partial charge in [0.2, 0.25) is 5.91 Å². The summed E-state index contributed by atoms with van der Waals surface area (Å²) in [6.07, 6.45) is 1.31. The lowest BCUT2D eigenvalue weighted by Crippen LogP contribution is -2.60. The summed E-state index contributed by atoms with van der Waals surface area (Å²) in [5.41, 5.74) is 4.74. The molecule has 1 saturated heterocycles. The van der Waals surface area contributed by atoms with Gasteiger partial charge in [0.25, 0.3) is 5.91 Å². The molecule has 150 valence electrons. The highest BCUT2D eigenvalue weighted by Crippen LogP contribution is 2.34. The fraction of sp³-hybridized carbons (Fsp3) is 0.333. The van der Waals surface area contributed by atoms with Gasteiger partial charge in [-0.25, -0.2) is 0 Å². The average molecular weight is 390 g/mol. The smallest absolute Gasteiger partial charge is 0.254 e. The number of carbonyl (C=O) groups is 2. The van der Waals surface area contributed by atoms with Gasteiger partial charge in [-0.3, -0.25) is 9.59 Å². The maximum atomic E-state index is 13.0. The van der Waals surface area contributed by atoms with Crippen molar-refractivity contribution >= 4 is 11.8 Å². The van der Waals surface area contributed by atoms with Crippen molar-refractivity contribution in [2.75, 3.05) is 13.1 Å². The number of aryl methyl sites for hydroxylation is 1. The Bertz CT molecular complexity index is 1010. The highest BCUT2D eigenvalue weighted by atomic mass is 16.3. The zero-order valence-electron chi connectivity index (χ0n) is 17.1. The Labute approximate surface area is 171 Å². The largest absolute Gasteiger partial charge is 0.386 e. The molecule has 2 amide bonds. The molecule has 2 aromatic carbocycles. The number of rotatable bonds is 4. The summed E-state index contributed by atoms with van der Waals surface area (Å²) < 4.78 is 0. The predicted octanol–water partition coefficient (Wildman–Crippen LogP) is 3.24. The molecule has 0 radical (unpaired) electrons. The van der Waals surface area contributed by atoms with E-state index >= 15 is 0 Å². The van der Waals surface area contributed by atoms with Gasteiger partial charge >= 0.3 is 0 Å². The van der Waals surface area contributed by atoms with E-state index in [1.807, 2.05) is 48.2 Å². The number of amides is 2. The van der Waals surface area contributed by atoms with E-state index in [0.29, 0.717) is 19.6 Å². The molecule has 2 aromatic rings. The van der Waals surface area contributed by atoms with E-state index in [1.165, 1.54) is 6.08 Å². The SMILES string of the molecule is C=CC(=O)N1CC(N2Cc3ccc(-c4cc(C(C)(C)O)ccc4C)cc3C2=O)C1. The van der Waals surface area contributed by atoms with Gasteiger partial charge in [0.1, 0.15) is 0 Å². The zero-order valence-corrected chi connectivity index (χ0v) is 17.1. The van der Waals surface area contributed by atoms with Gasteiger partial charge in [-0.2, -0.15) is 0 Å². The van der Waals surface area contributed by atoms with E-state index in [-0.39, 0.29) is 17.9 Å². The molecule has 29 heavy (non-hydrogen) atoms. The van der Waals surface area contributed by atoms with Gasteiger partial charge in [0.05, 0.1) is 11.6 Å². The van der Waals surface area contributed by atoms with Crippen LogP contribution in [0.3, 0.4) is 0 Å². The molecule has 0 aliphatic carbocycles. The Kier molecular flexibility index (Phi) is 4.58. The van der Waals surface area contributed by atoms with E-state index in [4.69, 9.17) is 0 Å². The van der Waals surface area contributed by atoms with Crippen LogP contribution in [0.5, 0.6) is 0 Å². The Morgan fingerprint density at radius 2 is 1.90 bits per heavy atom. The van der Waals surface area contributed by atoms with Gasteiger partial charge in [-0.15, -0.1) is 0 Å². The van der Waals surface area contributed by atoms with Crippen molar-refractivity contribution in [2.24, 2.45) is 0 Å². The number of nitrogens with zero attached hydrogens (tertiary/aromatic N) is 2. The van der Waals surface area contributed by atoms with Crippen LogP contribution in [0.4, 0.5) is 0 Å². The molecule has 0 saturated carbocycles. The molecular formula is C24H26N2O3. The van der Waals surface area contributed by atoms with Crippen LogP contribution in [-0.2, 0) is 16.9 Å². The first-order valence-corrected chi connectivity index (χ1v) is 9.88. The Hall–Kier alpha value is -2.92. The van der Waals surface area contributed by atoms with Crippen molar-refractivity contribution in [3.63, 3.8) is 0 Å². The summed E-state index contributed by atoms with van der Waals surface area (Å²) >= 11 is 0. The quantitative estimate of drug-likeness (QED) is 0.816. The van der Waals surface area contributed by atoms with Gasteiger partial charge in [0, 0.05) is 25.2 Å². The van der Waals surface area contributed by atoms with Crippen molar-refractivity contribution in [3.8, 4) is 11.1 Å². The Morgan fingerprint density at radius 1 is 1.17 bits per heavy atom. The van der Waals surface area contributed by atoms with Crippen LogP contribution in [0.25, 0.3) is 11.1 Å². The van der Waals surface area contributed by atoms with Crippen LogP contribution >= 0.6 is 0 Å². The minimum atomic E-state index is -0.926. The van der Waals surface area contributed by atoms with Gasteiger partial charge in [-0.1, -0.05) is 30.8 Å². The highest BCUT2D eigenvalue weighted by molar-refractivity contribution is 6.00. The van der Waals surface area contributed by atoms with E-state index in [1.54, 1.807) is 18.7 Å². The summed E-state index contributed by atoms with van der Waals surface area (Å²) in [5.74, 6) is -0.0660. The molecule has 1 N–H and O–H groups in total. The third-order valence-corrected chi connectivity index (χ3v) is 5.99. The van der Waals surface area contributed by atoms with Crippen LogP contribution < -0.4 is 0 Å². The molecular weight excluding hydrogens is 364 g/mol. The summed E-state index contributed by atoms with van der Waals surface area (Å²) in [6.45, 7) is 10.8. The van der Waals surface area contributed by atoms with E-state index in [9.17, 15) is 14.7 Å². The number of benzene rings is 2. The fourth-order valence-corrected chi connectivity index (χ4v) is 4.06. The first kappa shape index (κ1) is 19.4. The summed E-state index contributed by atoms with van der Waals surface area (Å²) in [7, 11) is 0. The second-order valence-electron chi connectivity index (χ2n) is 8.49. The third-order valence-electron chi connectivity index (χ3n) is 5.99. The average Bonchev–Trinajstić information content (AvgIpc) is 2.96. The molecule has 0 spiro atoms. The van der Waals surface area contributed by atoms with Crippen LogP contribution in [0, 0.1) is 6.92 Å². The fourth-order valence-electron chi connectivity index (χ4n) is 4.06. The van der Waals surface area contributed by atoms with Crippen LogP contribution in [0.2, 0.25) is 0 Å².